The van der Waals surface area contributed by atoms with Gasteiger partial charge < -0.3 is 15.4 Å². The first kappa shape index (κ1) is 17.2. The first-order chi connectivity index (χ1) is 10.0. The first-order valence-electron chi connectivity index (χ1n) is 7.53. The smallest absolute Gasteiger partial charge is 0.328 e. The Kier molecular flexibility index (Phi) is 6.91. The Morgan fingerprint density at radius 1 is 1.24 bits per heavy atom. The molecule has 1 unspecified atom stereocenters. The zero-order chi connectivity index (χ0) is 15.8. The average molecular weight is 294 g/mol. The first-order valence-corrected chi connectivity index (χ1v) is 7.53. The van der Waals surface area contributed by atoms with Crippen LogP contribution >= 0.6 is 0 Å². The van der Waals surface area contributed by atoms with Gasteiger partial charge in [0, 0.05) is 12.1 Å². The summed E-state index contributed by atoms with van der Waals surface area (Å²) in [5.74, 6) is 1.45. The van der Waals surface area contributed by atoms with Crippen molar-refractivity contribution in [3.8, 4) is 0 Å². The van der Waals surface area contributed by atoms with Crippen LogP contribution in [0, 0.1) is 0 Å². The van der Waals surface area contributed by atoms with E-state index in [0.717, 1.165) is 24.3 Å². The summed E-state index contributed by atoms with van der Waals surface area (Å²) < 4.78 is 5.01. The summed E-state index contributed by atoms with van der Waals surface area (Å²) in [4.78, 5) is 20.3. The number of nitrogens with one attached hydrogen (secondary N) is 2. The van der Waals surface area contributed by atoms with Crippen molar-refractivity contribution in [1.29, 1.82) is 0 Å². The largest absolute Gasteiger partial charge is 0.464 e. The molecule has 0 bridgehead atoms. The molecule has 1 heterocycles. The van der Waals surface area contributed by atoms with Crippen molar-refractivity contribution >= 4 is 17.6 Å². The molecule has 1 aromatic heterocycles. The Bertz CT molecular complexity index is 463. The van der Waals surface area contributed by atoms with E-state index >= 15 is 0 Å². The second-order valence-corrected chi connectivity index (χ2v) is 5.18. The third-order valence-corrected chi connectivity index (χ3v) is 3.00. The van der Waals surface area contributed by atoms with E-state index in [1.165, 1.54) is 6.33 Å². The van der Waals surface area contributed by atoms with E-state index in [1.807, 2.05) is 0 Å². The van der Waals surface area contributed by atoms with Gasteiger partial charge in [0.25, 0.3) is 0 Å². The van der Waals surface area contributed by atoms with Crippen molar-refractivity contribution < 1.29 is 9.53 Å². The molecule has 1 rings (SSSR count). The summed E-state index contributed by atoms with van der Waals surface area (Å²) in [6.45, 7) is 11.0. The fourth-order valence-electron chi connectivity index (χ4n) is 1.97. The summed E-state index contributed by atoms with van der Waals surface area (Å²) in [5, 5.41) is 6.43. The van der Waals surface area contributed by atoms with E-state index in [2.05, 4.69) is 41.4 Å². The van der Waals surface area contributed by atoms with Gasteiger partial charge in [-0.25, -0.2) is 14.8 Å². The topological polar surface area (TPSA) is 76.1 Å². The van der Waals surface area contributed by atoms with Gasteiger partial charge in [-0.15, -0.1) is 0 Å². The summed E-state index contributed by atoms with van der Waals surface area (Å²) in [7, 11) is 0. The highest BCUT2D eigenvalue weighted by molar-refractivity contribution is 5.79. The Balaban J connectivity index is 2.97. The van der Waals surface area contributed by atoms with Crippen molar-refractivity contribution in [3.63, 3.8) is 0 Å². The van der Waals surface area contributed by atoms with Crippen molar-refractivity contribution in [2.75, 3.05) is 23.8 Å². The summed E-state index contributed by atoms with van der Waals surface area (Å²) in [6.07, 6.45) is 2.52. The van der Waals surface area contributed by atoms with Gasteiger partial charge in [0.2, 0.25) is 0 Å². The lowest BCUT2D eigenvalue weighted by Gasteiger charge is -2.20. The molecule has 0 aliphatic carbocycles. The van der Waals surface area contributed by atoms with Crippen LogP contribution in [0.4, 0.5) is 11.6 Å². The number of rotatable bonds is 8. The molecule has 6 nitrogen and oxygen atoms in total. The third-order valence-electron chi connectivity index (χ3n) is 3.00. The predicted octanol–water partition coefficient (Wildman–Crippen LogP) is 2.79. The molecule has 0 saturated carbocycles. The highest BCUT2D eigenvalue weighted by Crippen LogP contribution is 2.28. The van der Waals surface area contributed by atoms with Crippen molar-refractivity contribution in [2.45, 2.75) is 53.0 Å². The molecule has 0 saturated heterocycles. The lowest BCUT2D eigenvalue weighted by atomic mass is 10.0. The minimum absolute atomic E-state index is 0.238. The summed E-state index contributed by atoms with van der Waals surface area (Å²) in [6, 6.07) is -0.448. The zero-order valence-electron chi connectivity index (χ0n) is 13.6. The van der Waals surface area contributed by atoms with Gasteiger partial charge >= 0.3 is 5.97 Å². The Hall–Kier alpha value is -1.85. The number of carbonyl (C=O) groups is 1. The highest BCUT2D eigenvalue weighted by atomic mass is 16.5. The van der Waals surface area contributed by atoms with E-state index in [0.29, 0.717) is 12.4 Å². The highest BCUT2D eigenvalue weighted by Gasteiger charge is 2.19. The molecule has 0 aliphatic heterocycles. The number of esters is 1. The van der Waals surface area contributed by atoms with Crippen LogP contribution in [-0.2, 0) is 9.53 Å². The Morgan fingerprint density at radius 3 is 2.48 bits per heavy atom. The summed E-state index contributed by atoms with van der Waals surface area (Å²) >= 11 is 0. The Morgan fingerprint density at radius 2 is 1.90 bits per heavy atom. The van der Waals surface area contributed by atoms with Crippen LogP contribution in [0.5, 0.6) is 0 Å². The standard InChI is InChI=1S/C15H26N4O2/c1-6-8-16-13-12(10(3)4)14(18-9-17-13)19-11(5)15(20)21-7-2/h9-11H,6-8H2,1-5H3,(H2,16,17,18,19). The molecule has 0 aliphatic rings. The van der Waals surface area contributed by atoms with Gasteiger partial charge in [0.05, 0.1) is 6.61 Å². The average Bonchev–Trinajstić information content (AvgIpc) is 2.44. The van der Waals surface area contributed by atoms with Gasteiger partial charge in [-0.3, -0.25) is 0 Å². The Labute approximate surface area is 126 Å². The van der Waals surface area contributed by atoms with E-state index in [-0.39, 0.29) is 11.9 Å². The van der Waals surface area contributed by atoms with Crippen molar-refractivity contribution in [1.82, 2.24) is 9.97 Å². The SMILES string of the molecule is CCCNc1ncnc(NC(C)C(=O)OCC)c1C(C)C. The van der Waals surface area contributed by atoms with Gasteiger partial charge in [0.1, 0.15) is 24.0 Å². The normalized spacial score (nSPS) is 12.1. The molecule has 118 valence electrons. The monoisotopic (exact) mass is 294 g/mol. The molecule has 6 heteroatoms. The van der Waals surface area contributed by atoms with Crippen LogP contribution in [0.1, 0.15) is 52.5 Å². The lowest BCUT2D eigenvalue weighted by molar-refractivity contribution is -0.143. The van der Waals surface area contributed by atoms with Crippen molar-refractivity contribution in [2.24, 2.45) is 0 Å². The molecule has 0 aromatic carbocycles. The number of hydrogen-bond acceptors (Lipinski definition) is 6. The van der Waals surface area contributed by atoms with Gasteiger partial charge in [-0.05, 0) is 26.2 Å². The molecule has 21 heavy (non-hydrogen) atoms. The third kappa shape index (κ3) is 4.88. The zero-order valence-corrected chi connectivity index (χ0v) is 13.6. The molecular weight excluding hydrogens is 268 g/mol. The van der Waals surface area contributed by atoms with Crippen LogP contribution in [0.2, 0.25) is 0 Å². The maximum Gasteiger partial charge on any atom is 0.328 e. The molecule has 0 spiro atoms. The van der Waals surface area contributed by atoms with Crippen LogP contribution in [0.3, 0.4) is 0 Å². The second-order valence-electron chi connectivity index (χ2n) is 5.18. The van der Waals surface area contributed by atoms with Crippen LogP contribution in [0.15, 0.2) is 6.33 Å². The number of nitrogens with zero attached hydrogens (tertiary/aromatic N) is 2. The molecule has 2 N–H and O–H groups in total. The molecule has 0 radical (unpaired) electrons. The minimum Gasteiger partial charge on any atom is -0.464 e. The maximum absolute atomic E-state index is 11.7. The van der Waals surface area contributed by atoms with Crippen LogP contribution in [0.25, 0.3) is 0 Å². The molecular formula is C15H26N4O2. The number of anilines is 2. The van der Waals surface area contributed by atoms with Crippen LogP contribution < -0.4 is 10.6 Å². The number of carbonyl (C=O) groups excluding carboxylic acids is 1. The second kappa shape index (κ2) is 8.44. The number of aromatic nitrogens is 2. The van der Waals surface area contributed by atoms with Gasteiger partial charge in [-0.2, -0.15) is 0 Å². The van der Waals surface area contributed by atoms with E-state index in [9.17, 15) is 4.79 Å². The van der Waals surface area contributed by atoms with Crippen LogP contribution in [-0.4, -0.2) is 35.1 Å². The van der Waals surface area contributed by atoms with Gasteiger partial charge in [-0.1, -0.05) is 20.8 Å². The van der Waals surface area contributed by atoms with Gasteiger partial charge in [0.15, 0.2) is 0 Å². The summed E-state index contributed by atoms with van der Waals surface area (Å²) in [5.41, 5.74) is 0.988. The predicted molar refractivity (Wildman–Crippen MR) is 84.6 cm³/mol. The number of ether oxygens (including phenoxy) is 1. The minimum atomic E-state index is -0.448. The van der Waals surface area contributed by atoms with E-state index < -0.39 is 6.04 Å². The van der Waals surface area contributed by atoms with E-state index in [1.54, 1.807) is 13.8 Å². The quantitative estimate of drug-likeness (QED) is 0.718. The maximum atomic E-state index is 11.7. The van der Waals surface area contributed by atoms with Crippen molar-refractivity contribution in [3.05, 3.63) is 11.9 Å². The van der Waals surface area contributed by atoms with E-state index in [4.69, 9.17) is 4.74 Å². The fraction of sp³-hybridized carbons (Fsp3) is 0.667. The molecule has 1 atom stereocenters. The fourth-order valence-corrected chi connectivity index (χ4v) is 1.97. The lowest BCUT2D eigenvalue weighted by Crippen LogP contribution is -2.29. The molecule has 0 fully saturated rings. The number of hydrogen-bond donors (Lipinski definition) is 2. The molecule has 1 aromatic rings. The molecule has 0 amide bonds.